The van der Waals surface area contributed by atoms with Crippen LogP contribution in [0, 0.1) is 0 Å². The Balaban J connectivity index is 2.11. The minimum absolute atomic E-state index is 0.869. The maximum Gasteiger partial charge on any atom is 0.133 e. The van der Waals surface area contributed by atoms with Crippen LogP contribution in [0.3, 0.4) is 0 Å². The second-order valence-electron chi connectivity index (χ2n) is 3.37. The van der Waals surface area contributed by atoms with Crippen LogP contribution in [0.1, 0.15) is 11.3 Å². The number of aromatic nitrogens is 3. The number of nitrogens with one attached hydrogen (secondary N) is 2. The molecule has 5 nitrogen and oxygen atoms in total. The van der Waals surface area contributed by atoms with Gasteiger partial charge in [-0.25, -0.2) is 0 Å². The number of rotatable bonds is 1. The Kier molecular flexibility index (Phi) is 1.63. The first kappa shape index (κ1) is 7.75. The van der Waals surface area contributed by atoms with Gasteiger partial charge in [0.2, 0.25) is 0 Å². The molecule has 3 heterocycles. The molecule has 0 amide bonds. The van der Waals surface area contributed by atoms with Crippen LogP contribution in [0.2, 0.25) is 0 Å². The number of fused-ring (bicyclic) bond motifs is 1. The third-order valence-electron chi connectivity index (χ3n) is 2.51. The van der Waals surface area contributed by atoms with Gasteiger partial charge < -0.3 is 9.84 Å². The summed E-state index contributed by atoms with van der Waals surface area (Å²) < 4.78 is 4.81. The lowest BCUT2D eigenvalue weighted by molar-refractivity contribution is 0.420. The lowest BCUT2D eigenvalue weighted by atomic mass is 10.0. The quantitative estimate of drug-likeness (QED) is 0.695. The fraction of sp³-hybridized carbons (Fsp3) is 0.333. The third-order valence-corrected chi connectivity index (χ3v) is 2.51. The topological polar surface area (TPSA) is 66.7 Å². The highest BCUT2D eigenvalue weighted by Gasteiger charge is 2.18. The van der Waals surface area contributed by atoms with E-state index in [1.54, 1.807) is 12.5 Å². The molecule has 2 aromatic rings. The zero-order valence-electron chi connectivity index (χ0n) is 7.58. The molecule has 72 valence electrons. The highest BCUT2D eigenvalue weighted by atomic mass is 16.5. The summed E-state index contributed by atoms with van der Waals surface area (Å²) in [7, 11) is 0. The van der Waals surface area contributed by atoms with Crippen molar-refractivity contribution in [3.63, 3.8) is 0 Å². The van der Waals surface area contributed by atoms with E-state index in [9.17, 15) is 0 Å². The molecule has 14 heavy (non-hydrogen) atoms. The third kappa shape index (κ3) is 1.06. The van der Waals surface area contributed by atoms with Crippen molar-refractivity contribution in [1.82, 2.24) is 20.7 Å². The molecule has 0 spiro atoms. The number of aromatic amines is 1. The Bertz CT molecular complexity index is 432. The number of nitrogens with zero attached hydrogens (tertiary/aromatic N) is 2. The van der Waals surface area contributed by atoms with Crippen molar-refractivity contribution >= 4 is 0 Å². The van der Waals surface area contributed by atoms with Gasteiger partial charge in [0.15, 0.2) is 0 Å². The molecule has 0 radical (unpaired) electrons. The first-order valence-corrected chi connectivity index (χ1v) is 4.62. The monoisotopic (exact) mass is 190 g/mol. The Morgan fingerprint density at radius 1 is 1.43 bits per heavy atom. The van der Waals surface area contributed by atoms with Crippen molar-refractivity contribution < 1.29 is 4.52 Å². The lowest BCUT2D eigenvalue weighted by Crippen LogP contribution is -2.23. The van der Waals surface area contributed by atoms with Gasteiger partial charge in [0, 0.05) is 12.1 Å². The van der Waals surface area contributed by atoms with E-state index < -0.39 is 0 Å². The maximum atomic E-state index is 4.81. The Morgan fingerprint density at radius 3 is 3.29 bits per heavy atom. The van der Waals surface area contributed by atoms with E-state index >= 15 is 0 Å². The molecular weight excluding hydrogens is 180 g/mol. The summed E-state index contributed by atoms with van der Waals surface area (Å²) in [5, 5.41) is 14.3. The van der Waals surface area contributed by atoms with Crippen molar-refractivity contribution in [2.45, 2.75) is 13.0 Å². The first-order chi connectivity index (χ1) is 6.95. The van der Waals surface area contributed by atoms with Crippen molar-refractivity contribution in [1.29, 1.82) is 0 Å². The minimum atomic E-state index is 0.869. The van der Waals surface area contributed by atoms with Crippen LogP contribution in [0.15, 0.2) is 17.0 Å². The average Bonchev–Trinajstić information content (AvgIpc) is 2.85. The Labute approximate surface area is 80.5 Å². The van der Waals surface area contributed by atoms with Crippen LogP contribution in [0.25, 0.3) is 11.3 Å². The summed E-state index contributed by atoms with van der Waals surface area (Å²) in [6.07, 6.45) is 4.32. The van der Waals surface area contributed by atoms with Crippen LogP contribution >= 0.6 is 0 Å². The normalized spacial score (nSPS) is 15.4. The van der Waals surface area contributed by atoms with Crippen LogP contribution in [-0.2, 0) is 13.0 Å². The molecule has 0 aliphatic carbocycles. The van der Waals surface area contributed by atoms with Gasteiger partial charge in [-0.1, -0.05) is 5.16 Å². The van der Waals surface area contributed by atoms with E-state index in [-0.39, 0.29) is 0 Å². The highest BCUT2D eigenvalue weighted by Crippen LogP contribution is 2.25. The zero-order valence-corrected chi connectivity index (χ0v) is 7.58. The van der Waals surface area contributed by atoms with Crippen molar-refractivity contribution in [3.05, 3.63) is 23.7 Å². The predicted octanol–water partition coefficient (Wildman–Crippen LogP) is 0.710. The van der Waals surface area contributed by atoms with Crippen molar-refractivity contribution in [2.24, 2.45) is 0 Å². The fourth-order valence-electron chi connectivity index (χ4n) is 1.80. The summed E-state index contributed by atoms with van der Waals surface area (Å²) in [6, 6.07) is 0. The lowest BCUT2D eigenvalue weighted by Gasteiger charge is -2.11. The molecule has 0 saturated carbocycles. The molecule has 0 atom stereocenters. The molecule has 3 rings (SSSR count). The summed E-state index contributed by atoms with van der Waals surface area (Å²) in [4.78, 5) is 0. The Hall–Kier alpha value is -1.62. The van der Waals surface area contributed by atoms with Crippen molar-refractivity contribution in [2.75, 3.05) is 6.54 Å². The zero-order chi connectivity index (χ0) is 9.38. The second-order valence-corrected chi connectivity index (χ2v) is 3.37. The van der Waals surface area contributed by atoms with Crippen LogP contribution < -0.4 is 5.32 Å². The van der Waals surface area contributed by atoms with Gasteiger partial charge in [0.1, 0.15) is 12.0 Å². The van der Waals surface area contributed by atoms with E-state index in [0.29, 0.717) is 0 Å². The van der Waals surface area contributed by atoms with Gasteiger partial charge in [-0.05, 0) is 13.0 Å². The summed E-state index contributed by atoms with van der Waals surface area (Å²) in [5.41, 5.74) is 4.38. The minimum Gasteiger partial charge on any atom is -0.364 e. The smallest absolute Gasteiger partial charge is 0.133 e. The molecule has 0 unspecified atom stereocenters. The molecule has 5 heteroatoms. The number of hydrogen-bond acceptors (Lipinski definition) is 4. The molecule has 1 aliphatic heterocycles. The standard InChI is InChI=1S/C9H10N4O/c1-2-10-4-8-7(1)9(13-12-8)6-3-11-14-5-6/h3,5,10H,1-2,4H2,(H,12,13). The molecule has 1 aliphatic rings. The number of hydrogen-bond donors (Lipinski definition) is 2. The average molecular weight is 190 g/mol. The van der Waals surface area contributed by atoms with E-state index in [0.717, 1.165) is 30.8 Å². The molecule has 0 fully saturated rings. The van der Waals surface area contributed by atoms with Crippen LogP contribution in [-0.4, -0.2) is 21.9 Å². The van der Waals surface area contributed by atoms with Gasteiger partial charge in [-0.15, -0.1) is 0 Å². The molecule has 2 aromatic heterocycles. The Morgan fingerprint density at radius 2 is 2.43 bits per heavy atom. The highest BCUT2D eigenvalue weighted by molar-refractivity contribution is 5.62. The first-order valence-electron chi connectivity index (χ1n) is 4.62. The fourth-order valence-corrected chi connectivity index (χ4v) is 1.80. The second kappa shape index (κ2) is 2.95. The van der Waals surface area contributed by atoms with E-state index in [1.807, 2.05) is 0 Å². The molecule has 0 bridgehead atoms. The predicted molar refractivity (Wildman–Crippen MR) is 49.5 cm³/mol. The molecular formula is C9H10N4O. The molecule has 0 aromatic carbocycles. The molecule has 0 saturated heterocycles. The van der Waals surface area contributed by atoms with Gasteiger partial charge in [-0.3, -0.25) is 5.10 Å². The van der Waals surface area contributed by atoms with E-state index in [2.05, 4.69) is 20.7 Å². The largest absolute Gasteiger partial charge is 0.364 e. The van der Waals surface area contributed by atoms with E-state index in [1.165, 1.54) is 11.3 Å². The van der Waals surface area contributed by atoms with Gasteiger partial charge in [0.05, 0.1) is 17.5 Å². The van der Waals surface area contributed by atoms with Gasteiger partial charge in [0.25, 0.3) is 0 Å². The van der Waals surface area contributed by atoms with Gasteiger partial charge in [-0.2, -0.15) is 5.10 Å². The van der Waals surface area contributed by atoms with Crippen LogP contribution in [0.4, 0.5) is 0 Å². The maximum absolute atomic E-state index is 4.81. The molecule has 2 N–H and O–H groups in total. The van der Waals surface area contributed by atoms with Crippen LogP contribution in [0.5, 0.6) is 0 Å². The van der Waals surface area contributed by atoms with Crippen molar-refractivity contribution in [3.8, 4) is 11.3 Å². The van der Waals surface area contributed by atoms with E-state index in [4.69, 9.17) is 4.52 Å². The SMILES string of the molecule is c1nocc1-c1n[nH]c2c1CCNC2. The summed E-state index contributed by atoms with van der Waals surface area (Å²) in [6.45, 7) is 1.87. The summed E-state index contributed by atoms with van der Waals surface area (Å²) >= 11 is 0. The van der Waals surface area contributed by atoms with Gasteiger partial charge >= 0.3 is 0 Å². The summed E-state index contributed by atoms with van der Waals surface area (Å²) in [5.74, 6) is 0. The number of H-pyrrole nitrogens is 1.